The van der Waals surface area contributed by atoms with Crippen LogP contribution >= 0.6 is 11.3 Å². The number of nitrogens with one attached hydrogen (secondary N) is 1. The first kappa shape index (κ1) is 12.9. The van der Waals surface area contributed by atoms with Crippen molar-refractivity contribution in [3.8, 4) is 0 Å². The van der Waals surface area contributed by atoms with Gasteiger partial charge in [-0.1, -0.05) is 25.7 Å². The van der Waals surface area contributed by atoms with Crippen LogP contribution in [0.5, 0.6) is 0 Å². The molecule has 2 aromatic rings. The standard InChI is InChI=1S/C15H20N2OS/c18-15(7-3-1-2-4-8-15)10-16-12-5-6-13-14(9-12)19-11-17-13/h5-6,9,11,16,18H,1-4,7-8,10H2. The van der Waals surface area contributed by atoms with Crippen LogP contribution in [0.15, 0.2) is 23.7 Å². The number of aromatic nitrogens is 1. The molecule has 19 heavy (non-hydrogen) atoms. The number of rotatable bonds is 3. The molecule has 1 saturated carbocycles. The molecule has 2 N–H and O–H groups in total. The molecular formula is C15H20N2OS. The van der Waals surface area contributed by atoms with Gasteiger partial charge in [0, 0.05) is 12.2 Å². The zero-order valence-corrected chi connectivity index (χ0v) is 11.9. The average molecular weight is 276 g/mol. The monoisotopic (exact) mass is 276 g/mol. The van der Waals surface area contributed by atoms with Crippen molar-refractivity contribution in [2.75, 3.05) is 11.9 Å². The Hall–Kier alpha value is -1.13. The summed E-state index contributed by atoms with van der Waals surface area (Å²) in [6.45, 7) is 0.650. The van der Waals surface area contributed by atoms with Crippen molar-refractivity contribution in [1.29, 1.82) is 0 Å². The molecular weight excluding hydrogens is 256 g/mol. The summed E-state index contributed by atoms with van der Waals surface area (Å²) < 4.78 is 1.19. The Labute approximate surface area is 117 Å². The van der Waals surface area contributed by atoms with Crippen LogP contribution < -0.4 is 5.32 Å². The molecule has 4 heteroatoms. The molecule has 0 spiro atoms. The van der Waals surface area contributed by atoms with Crippen molar-refractivity contribution < 1.29 is 5.11 Å². The van der Waals surface area contributed by atoms with Crippen molar-refractivity contribution in [2.45, 2.75) is 44.1 Å². The normalized spacial score (nSPS) is 19.2. The number of nitrogens with zero attached hydrogens (tertiary/aromatic N) is 1. The van der Waals surface area contributed by atoms with Gasteiger partial charge in [-0.05, 0) is 31.0 Å². The summed E-state index contributed by atoms with van der Waals surface area (Å²) in [4.78, 5) is 4.28. The number of thiazole rings is 1. The predicted octanol–water partition coefficient (Wildman–Crippen LogP) is 3.79. The average Bonchev–Trinajstić information content (AvgIpc) is 2.78. The van der Waals surface area contributed by atoms with E-state index >= 15 is 0 Å². The molecule has 0 saturated heterocycles. The van der Waals surface area contributed by atoms with Gasteiger partial charge in [-0.15, -0.1) is 11.3 Å². The van der Waals surface area contributed by atoms with E-state index in [1.165, 1.54) is 17.5 Å². The molecule has 0 bridgehead atoms. The molecule has 1 fully saturated rings. The van der Waals surface area contributed by atoms with Gasteiger partial charge in [-0.25, -0.2) is 4.98 Å². The second kappa shape index (κ2) is 5.47. The topological polar surface area (TPSA) is 45.1 Å². The molecule has 0 aliphatic heterocycles. The molecule has 0 radical (unpaired) electrons. The van der Waals surface area contributed by atoms with E-state index < -0.39 is 5.60 Å². The molecule has 0 atom stereocenters. The Morgan fingerprint density at radius 3 is 2.79 bits per heavy atom. The highest BCUT2D eigenvalue weighted by Crippen LogP contribution is 2.28. The van der Waals surface area contributed by atoms with Gasteiger partial charge in [-0.2, -0.15) is 0 Å². The van der Waals surface area contributed by atoms with Crippen molar-refractivity contribution in [3.63, 3.8) is 0 Å². The molecule has 3 rings (SSSR count). The number of aliphatic hydroxyl groups is 1. The van der Waals surface area contributed by atoms with Crippen LogP contribution in [0.25, 0.3) is 10.2 Å². The zero-order chi connectivity index (χ0) is 13.1. The highest BCUT2D eigenvalue weighted by Gasteiger charge is 2.27. The molecule has 1 aliphatic carbocycles. The van der Waals surface area contributed by atoms with E-state index in [0.29, 0.717) is 6.54 Å². The molecule has 1 aliphatic rings. The zero-order valence-electron chi connectivity index (χ0n) is 11.1. The fraction of sp³-hybridized carbons (Fsp3) is 0.533. The first-order valence-electron chi connectivity index (χ1n) is 7.05. The molecule has 102 valence electrons. The maximum atomic E-state index is 10.6. The van der Waals surface area contributed by atoms with E-state index in [2.05, 4.69) is 16.4 Å². The van der Waals surface area contributed by atoms with Crippen LogP contribution in [-0.2, 0) is 0 Å². The van der Waals surface area contributed by atoms with Gasteiger partial charge < -0.3 is 10.4 Å². The Balaban J connectivity index is 1.67. The lowest BCUT2D eigenvalue weighted by Gasteiger charge is -2.27. The van der Waals surface area contributed by atoms with Crippen LogP contribution in [0.1, 0.15) is 38.5 Å². The summed E-state index contributed by atoms with van der Waals surface area (Å²) in [5, 5.41) is 14.0. The van der Waals surface area contributed by atoms with Crippen LogP contribution in [-0.4, -0.2) is 22.2 Å². The predicted molar refractivity (Wildman–Crippen MR) is 80.8 cm³/mol. The van der Waals surface area contributed by atoms with E-state index in [1.54, 1.807) is 11.3 Å². The van der Waals surface area contributed by atoms with E-state index in [4.69, 9.17) is 0 Å². The van der Waals surface area contributed by atoms with Crippen molar-refractivity contribution >= 4 is 27.2 Å². The quantitative estimate of drug-likeness (QED) is 0.838. The van der Waals surface area contributed by atoms with Gasteiger partial charge in [0.1, 0.15) is 0 Å². The lowest BCUT2D eigenvalue weighted by atomic mass is 9.94. The highest BCUT2D eigenvalue weighted by molar-refractivity contribution is 7.16. The maximum Gasteiger partial charge on any atom is 0.0819 e. The molecule has 0 amide bonds. The van der Waals surface area contributed by atoms with E-state index in [1.807, 2.05) is 17.6 Å². The van der Waals surface area contributed by atoms with Crippen LogP contribution in [0.2, 0.25) is 0 Å². The van der Waals surface area contributed by atoms with Crippen LogP contribution in [0, 0.1) is 0 Å². The van der Waals surface area contributed by atoms with Gasteiger partial charge in [0.2, 0.25) is 0 Å². The minimum Gasteiger partial charge on any atom is -0.388 e. The second-order valence-corrected chi connectivity index (χ2v) is 6.41. The van der Waals surface area contributed by atoms with Crippen LogP contribution in [0.3, 0.4) is 0 Å². The minimum absolute atomic E-state index is 0.529. The third-order valence-corrected chi connectivity index (χ3v) is 4.78. The van der Waals surface area contributed by atoms with E-state index in [9.17, 15) is 5.11 Å². The summed E-state index contributed by atoms with van der Waals surface area (Å²) >= 11 is 1.65. The second-order valence-electron chi connectivity index (χ2n) is 5.53. The number of anilines is 1. The first-order chi connectivity index (χ1) is 9.25. The number of hydrogen-bond donors (Lipinski definition) is 2. The summed E-state index contributed by atoms with van der Waals surface area (Å²) in [5.41, 5.74) is 3.46. The number of hydrogen-bond acceptors (Lipinski definition) is 4. The molecule has 3 nitrogen and oxygen atoms in total. The molecule has 1 aromatic carbocycles. The Bertz CT molecular complexity index is 544. The summed E-state index contributed by atoms with van der Waals surface area (Å²) in [6.07, 6.45) is 6.65. The van der Waals surface area contributed by atoms with Gasteiger partial charge in [-0.3, -0.25) is 0 Å². The molecule has 0 unspecified atom stereocenters. The van der Waals surface area contributed by atoms with Gasteiger partial charge in [0.15, 0.2) is 0 Å². The Morgan fingerprint density at radius 2 is 2.00 bits per heavy atom. The Morgan fingerprint density at radius 1 is 1.21 bits per heavy atom. The lowest BCUT2D eigenvalue weighted by molar-refractivity contribution is 0.0381. The van der Waals surface area contributed by atoms with Gasteiger partial charge in [0.05, 0.1) is 21.3 Å². The minimum atomic E-state index is -0.529. The summed E-state index contributed by atoms with van der Waals surface area (Å²) in [5.74, 6) is 0. The fourth-order valence-electron chi connectivity index (χ4n) is 2.80. The van der Waals surface area contributed by atoms with Gasteiger partial charge in [0.25, 0.3) is 0 Å². The first-order valence-corrected chi connectivity index (χ1v) is 7.93. The van der Waals surface area contributed by atoms with E-state index in [0.717, 1.165) is 36.9 Å². The smallest absolute Gasteiger partial charge is 0.0819 e. The lowest BCUT2D eigenvalue weighted by Crippen LogP contribution is -2.36. The largest absolute Gasteiger partial charge is 0.388 e. The van der Waals surface area contributed by atoms with Crippen molar-refractivity contribution in [3.05, 3.63) is 23.7 Å². The molecule has 1 aromatic heterocycles. The van der Waals surface area contributed by atoms with Crippen molar-refractivity contribution in [2.24, 2.45) is 0 Å². The van der Waals surface area contributed by atoms with Gasteiger partial charge >= 0.3 is 0 Å². The maximum absolute atomic E-state index is 10.6. The van der Waals surface area contributed by atoms with Crippen molar-refractivity contribution in [1.82, 2.24) is 4.98 Å². The van der Waals surface area contributed by atoms with Crippen LogP contribution in [0.4, 0.5) is 5.69 Å². The highest BCUT2D eigenvalue weighted by atomic mass is 32.1. The molecule has 1 heterocycles. The summed E-state index contributed by atoms with van der Waals surface area (Å²) in [6, 6.07) is 6.19. The SMILES string of the molecule is OC1(CNc2ccc3ncsc3c2)CCCCCC1. The third kappa shape index (κ3) is 3.07. The fourth-order valence-corrected chi connectivity index (χ4v) is 3.51. The number of benzene rings is 1. The van der Waals surface area contributed by atoms with E-state index in [-0.39, 0.29) is 0 Å². The number of fused-ring (bicyclic) bond motifs is 1. The summed E-state index contributed by atoms with van der Waals surface area (Å²) in [7, 11) is 0. The Kier molecular flexibility index (Phi) is 3.71. The third-order valence-electron chi connectivity index (χ3n) is 3.99.